The van der Waals surface area contributed by atoms with Crippen LogP contribution in [-0.4, -0.2) is 24.2 Å². The average molecular weight is 578 g/mol. The summed E-state index contributed by atoms with van der Waals surface area (Å²) in [5.74, 6) is -0.690. The Morgan fingerprint density at radius 1 is 1.02 bits per heavy atom. The average Bonchev–Trinajstić information content (AvgIpc) is 3.79. The molecule has 0 bridgehead atoms. The number of amides is 2. The molecule has 5 rings (SSSR count). The summed E-state index contributed by atoms with van der Waals surface area (Å²) < 4.78 is 6.09. The lowest BCUT2D eigenvalue weighted by atomic mass is 9.98. The number of nitroso groups, excluding NO2 is 1. The molecule has 0 spiro atoms. The number of nitrogens with zero attached hydrogens (tertiary/aromatic N) is 2. The molecule has 0 atom stereocenters. The van der Waals surface area contributed by atoms with Gasteiger partial charge >= 0.3 is 5.91 Å². The van der Waals surface area contributed by atoms with E-state index < -0.39 is 5.91 Å². The van der Waals surface area contributed by atoms with Crippen LogP contribution in [0.2, 0.25) is 10.0 Å². The number of fused-ring (bicyclic) bond motifs is 1. The number of hydrogen-bond donors (Lipinski definition) is 1. The van der Waals surface area contributed by atoms with Gasteiger partial charge in [-0.05, 0) is 79.8 Å². The number of anilines is 2. The zero-order valence-corrected chi connectivity index (χ0v) is 23.1. The number of nitrogens with two attached hydrogens (primary N) is 1. The van der Waals surface area contributed by atoms with Gasteiger partial charge in [-0.2, -0.15) is 0 Å². The van der Waals surface area contributed by atoms with Crippen molar-refractivity contribution in [1.29, 1.82) is 0 Å². The van der Waals surface area contributed by atoms with Crippen molar-refractivity contribution in [2.45, 2.75) is 32.6 Å². The first-order chi connectivity index (χ1) is 19.2. The number of ketones is 1. The Morgan fingerprint density at radius 2 is 1.77 bits per heavy atom. The van der Waals surface area contributed by atoms with Gasteiger partial charge in [0.2, 0.25) is 5.91 Å². The zero-order chi connectivity index (χ0) is 28.6. The van der Waals surface area contributed by atoms with Crippen LogP contribution in [0.5, 0.6) is 5.75 Å². The fourth-order valence-corrected chi connectivity index (χ4v) is 5.44. The topological polar surface area (TPSA) is 119 Å². The van der Waals surface area contributed by atoms with Crippen molar-refractivity contribution in [2.75, 3.05) is 11.5 Å². The van der Waals surface area contributed by atoms with Gasteiger partial charge in [0.25, 0.3) is 0 Å². The molecule has 0 saturated heterocycles. The Morgan fingerprint density at radius 3 is 2.45 bits per heavy atom. The Kier molecular flexibility index (Phi) is 7.74. The van der Waals surface area contributed by atoms with Crippen LogP contribution in [0.3, 0.4) is 0 Å². The van der Waals surface area contributed by atoms with E-state index in [1.807, 2.05) is 25.1 Å². The minimum absolute atomic E-state index is 0.0284. The first kappa shape index (κ1) is 27.6. The Labute approximate surface area is 240 Å². The molecule has 3 aromatic rings. The standard InChI is InChI=1S/C30H25Cl2N3O5/c1-16-3-2-4-22(31)27(16)28(33)21(29(37)17-5-6-17)15-40-20-9-11-24-18(13-20)8-12-26(36)35(24)25-10-7-19(14-23(25)32)30(38)34-39/h2-4,7,9-11,13-14,17H,5-6,8,12,15,33H2,1H3. The normalized spacial score (nSPS) is 15.3. The van der Waals surface area contributed by atoms with Crippen molar-refractivity contribution in [3.05, 3.63) is 97.4 Å². The Hall–Kier alpha value is -4.01. The van der Waals surface area contributed by atoms with Crippen LogP contribution < -0.4 is 15.4 Å². The lowest BCUT2D eigenvalue weighted by molar-refractivity contribution is -0.118. The van der Waals surface area contributed by atoms with Crippen molar-refractivity contribution in [1.82, 2.24) is 0 Å². The van der Waals surface area contributed by atoms with Crippen molar-refractivity contribution in [3.63, 3.8) is 0 Å². The number of ether oxygens (including phenoxy) is 1. The van der Waals surface area contributed by atoms with Gasteiger partial charge in [0.05, 0.1) is 32.7 Å². The molecule has 1 fully saturated rings. The molecular weight excluding hydrogens is 553 g/mol. The molecule has 204 valence electrons. The molecule has 3 aromatic carbocycles. The highest BCUT2D eigenvalue weighted by molar-refractivity contribution is 6.34. The molecule has 2 aliphatic rings. The minimum Gasteiger partial charge on any atom is -0.489 e. The zero-order valence-electron chi connectivity index (χ0n) is 21.6. The van der Waals surface area contributed by atoms with Crippen molar-refractivity contribution >= 4 is 57.9 Å². The highest BCUT2D eigenvalue weighted by Gasteiger charge is 2.34. The van der Waals surface area contributed by atoms with Crippen LogP contribution >= 0.6 is 23.2 Å². The van der Waals surface area contributed by atoms with E-state index in [0.717, 1.165) is 24.0 Å². The van der Waals surface area contributed by atoms with Crippen LogP contribution in [0.4, 0.5) is 11.4 Å². The summed E-state index contributed by atoms with van der Waals surface area (Å²) in [6.45, 7) is 1.86. The monoisotopic (exact) mass is 577 g/mol. The number of aryl methyl sites for hydroxylation is 2. The maximum atomic E-state index is 13.2. The lowest BCUT2D eigenvalue weighted by Gasteiger charge is -2.30. The molecule has 1 heterocycles. The summed E-state index contributed by atoms with van der Waals surface area (Å²) in [5.41, 5.74) is 10.6. The van der Waals surface area contributed by atoms with E-state index in [9.17, 15) is 19.3 Å². The van der Waals surface area contributed by atoms with Crippen LogP contribution in [0, 0.1) is 17.7 Å². The minimum atomic E-state index is -0.945. The highest BCUT2D eigenvalue weighted by Crippen LogP contribution is 2.40. The first-order valence-corrected chi connectivity index (χ1v) is 13.5. The van der Waals surface area contributed by atoms with Gasteiger partial charge in [0.1, 0.15) is 12.4 Å². The summed E-state index contributed by atoms with van der Waals surface area (Å²) in [4.78, 5) is 49.8. The van der Waals surface area contributed by atoms with E-state index in [1.165, 1.54) is 23.1 Å². The summed E-state index contributed by atoms with van der Waals surface area (Å²) >= 11 is 12.8. The summed E-state index contributed by atoms with van der Waals surface area (Å²) in [7, 11) is 0. The predicted molar refractivity (Wildman–Crippen MR) is 154 cm³/mol. The van der Waals surface area contributed by atoms with Gasteiger partial charge in [-0.15, -0.1) is 4.91 Å². The number of carbonyl (C=O) groups is 3. The van der Waals surface area contributed by atoms with Gasteiger partial charge < -0.3 is 10.5 Å². The smallest absolute Gasteiger partial charge is 0.316 e. The second kappa shape index (κ2) is 11.2. The first-order valence-electron chi connectivity index (χ1n) is 12.7. The number of hydrogen-bond acceptors (Lipinski definition) is 6. The third kappa shape index (κ3) is 5.37. The molecular formula is C30H25Cl2N3O5. The number of rotatable bonds is 8. The van der Waals surface area contributed by atoms with Gasteiger partial charge in [-0.1, -0.05) is 35.3 Å². The lowest BCUT2D eigenvalue weighted by Crippen LogP contribution is -2.31. The molecule has 10 heteroatoms. The van der Waals surface area contributed by atoms with Crippen molar-refractivity contribution in [2.24, 2.45) is 16.8 Å². The van der Waals surface area contributed by atoms with Crippen LogP contribution in [0.25, 0.3) is 5.70 Å². The van der Waals surface area contributed by atoms with E-state index in [4.69, 9.17) is 33.7 Å². The molecule has 8 nitrogen and oxygen atoms in total. The molecule has 0 radical (unpaired) electrons. The predicted octanol–water partition coefficient (Wildman–Crippen LogP) is 6.55. The fourth-order valence-electron chi connectivity index (χ4n) is 4.85. The summed E-state index contributed by atoms with van der Waals surface area (Å²) in [6, 6.07) is 15.0. The number of benzene rings is 3. The van der Waals surface area contributed by atoms with Crippen LogP contribution in [0.1, 0.15) is 46.3 Å². The molecule has 1 saturated carbocycles. The van der Waals surface area contributed by atoms with Gasteiger partial charge in [0, 0.05) is 28.6 Å². The van der Waals surface area contributed by atoms with Gasteiger partial charge in [-0.25, -0.2) is 0 Å². The Bertz CT molecular complexity index is 1580. The molecule has 0 aromatic heterocycles. The quantitative estimate of drug-likeness (QED) is 0.239. The van der Waals surface area contributed by atoms with E-state index in [-0.39, 0.29) is 41.2 Å². The van der Waals surface area contributed by atoms with E-state index in [0.29, 0.717) is 45.4 Å². The summed E-state index contributed by atoms with van der Waals surface area (Å²) in [5, 5.41) is 3.01. The largest absolute Gasteiger partial charge is 0.489 e. The Balaban J connectivity index is 1.44. The van der Waals surface area contributed by atoms with Crippen molar-refractivity contribution in [3.8, 4) is 5.75 Å². The third-order valence-electron chi connectivity index (χ3n) is 7.11. The molecule has 0 unspecified atom stereocenters. The molecule has 2 amide bonds. The molecule has 1 aliphatic carbocycles. The van der Waals surface area contributed by atoms with Gasteiger partial charge in [-0.3, -0.25) is 19.3 Å². The van der Waals surface area contributed by atoms with Crippen LogP contribution in [-0.2, 0) is 16.0 Å². The molecule has 1 aliphatic heterocycles. The van der Waals surface area contributed by atoms with E-state index in [2.05, 4.69) is 5.18 Å². The fraction of sp³-hybridized carbons (Fsp3) is 0.233. The maximum Gasteiger partial charge on any atom is 0.316 e. The number of Topliss-reactive ketones (excluding diaryl/α,β-unsaturated/α-hetero) is 1. The third-order valence-corrected chi connectivity index (χ3v) is 7.73. The van der Waals surface area contributed by atoms with Crippen LogP contribution in [0.15, 0.2) is 65.3 Å². The second-order valence-electron chi connectivity index (χ2n) is 9.83. The maximum absolute atomic E-state index is 13.2. The highest BCUT2D eigenvalue weighted by atomic mass is 35.5. The SMILES string of the molecule is Cc1cccc(Cl)c1C(N)=C(COc1ccc2c(c1)CCC(=O)N2c1ccc(C(=O)N=O)cc1Cl)C(=O)C1CC1. The van der Waals surface area contributed by atoms with Gasteiger partial charge in [0.15, 0.2) is 5.78 Å². The summed E-state index contributed by atoms with van der Waals surface area (Å²) in [6.07, 6.45) is 2.36. The van der Waals surface area contributed by atoms with Crippen molar-refractivity contribution < 1.29 is 19.1 Å². The van der Waals surface area contributed by atoms with E-state index >= 15 is 0 Å². The molecule has 2 N–H and O–H groups in total. The van der Waals surface area contributed by atoms with E-state index in [1.54, 1.807) is 18.2 Å². The second-order valence-corrected chi connectivity index (χ2v) is 10.6. The molecule has 40 heavy (non-hydrogen) atoms. The number of carbonyl (C=O) groups excluding carboxylic acids is 3. The number of halogens is 2.